The van der Waals surface area contributed by atoms with Crippen LogP contribution in [0.2, 0.25) is 0 Å². The number of hydrogen-bond acceptors (Lipinski definition) is 4. The van der Waals surface area contributed by atoms with Crippen LogP contribution >= 0.6 is 0 Å². The van der Waals surface area contributed by atoms with Crippen LogP contribution in [0, 0.1) is 12.8 Å². The Morgan fingerprint density at radius 3 is 2.72 bits per heavy atom. The first-order chi connectivity index (χ1) is 8.52. The van der Waals surface area contributed by atoms with Gasteiger partial charge in [0.1, 0.15) is 5.82 Å². The van der Waals surface area contributed by atoms with E-state index in [9.17, 15) is 4.79 Å². The second kappa shape index (κ2) is 7.06. The minimum Gasteiger partial charge on any atom is -0.358 e. The lowest BCUT2D eigenvalue weighted by Crippen LogP contribution is -2.43. The molecule has 0 fully saturated rings. The monoisotopic (exact) mass is 250 g/mol. The molecule has 1 rings (SSSR count). The highest BCUT2D eigenvalue weighted by molar-refractivity contribution is 5.81. The van der Waals surface area contributed by atoms with Crippen molar-refractivity contribution in [3.8, 4) is 0 Å². The first-order valence-electron chi connectivity index (χ1n) is 6.26. The summed E-state index contributed by atoms with van der Waals surface area (Å²) in [7, 11) is 1.66. The first-order valence-corrected chi connectivity index (χ1v) is 6.26. The van der Waals surface area contributed by atoms with Gasteiger partial charge in [-0.25, -0.2) is 9.97 Å². The average molecular weight is 250 g/mol. The Labute approximate surface area is 108 Å². The Morgan fingerprint density at radius 2 is 2.17 bits per heavy atom. The summed E-state index contributed by atoms with van der Waals surface area (Å²) in [4.78, 5) is 20.1. The minimum absolute atomic E-state index is 0.0227. The van der Waals surface area contributed by atoms with Gasteiger partial charge < -0.3 is 10.6 Å². The normalized spacial score (nSPS) is 12.5. The van der Waals surface area contributed by atoms with Crippen LogP contribution in [0.5, 0.6) is 0 Å². The second-order valence-electron chi connectivity index (χ2n) is 4.77. The minimum atomic E-state index is -0.176. The Balaban J connectivity index is 2.58. The van der Waals surface area contributed by atoms with Crippen LogP contribution in [0.15, 0.2) is 12.3 Å². The predicted molar refractivity (Wildman–Crippen MR) is 70.9 cm³/mol. The fraction of sp³-hybridized carbons (Fsp3) is 0.615. The molecule has 2 N–H and O–H groups in total. The van der Waals surface area contributed by atoms with Gasteiger partial charge in [-0.05, 0) is 25.3 Å². The quantitative estimate of drug-likeness (QED) is 0.791. The number of rotatable bonds is 6. The highest BCUT2D eigenvalue weighted by atomic mass is 16.2. The number of likely N-dealkylation sites (N-methyl/N-ethyl adjacent to an activating group) is 1. The fourth-order valence-corrected chi connectivity index (χ4v) is 1.76. The zero-order valence-corrected chi connectivity index (χ0v) is 11.5. The summed E-state index contributed by atoms with van der Waals surface area (Å²) >= 11 is 0. The molecule has 1 atom stereocenters. The third-order valence-electron chi connectivity index (χ3n) is 2.63. The van der Waals surface area contributed by atoms with Gasteiger partial charge >= 0.3 is 0 Å². The predicted octanol–water partition coefficient (Wildman–Crippen LogP) is 1.04. The van der Waals surface area contributed by atoms with Crippen molar-refractivity contribution in [2.75, 3.05) is 7.05 Å². The van der Waals surface area contributed by atoms with Crippen molar-refractivity contribution in [2.45, 2.75) is 39.8 Å². The highest BCUT2D eigenvalue weighted by Gasteiger charge is 2.17. The molecule has 1 aromatic heterocycles. The van der Waals surface area contributed by atoms with E-state index in [4.69, 9.17) is 0 Å². The van der Waals surface area contributed by atoms with Crippen LogP contribution in [0.4, 0.5) is 0 Å². The van der Waals surface area contributed by atoms with Crippen molar-refractivity contribution in [2.24, 2.45) is 5.92 Å². The molecule has 0 radical (unpaired) electrons. The number of hydrogen-bond donors (Lipinski definition) is 2. The first kappa shape index (κ1) is 14.6. The summed E-state index contributed by atoms with van der Waals surface area (Å²) < 4.78 is 0. The van der Waals surface area contributed by atoms with E-state index in [-0.39, 0.29) is 11.9 Å². The third kappa shape index (κ3) is 4.79. The molecule has 1 heterocycles. The summed E-state index contributed by atoms with van der Waals surface area (Å²) in [6.45, 7) is 6.64. The molecule has 0 aliphatic carbocycles. The topological polar surface area (TPSA) is 66.9 Å². The summed E-state index contributed by atoms with van der Waals surface area (Å²) in [5, 5.41) is 5.93. The van der Waals surface area contributed by atoms with Gasteiger partial charge in [0.25, 0.3) is 0 Å². The Kier molecular flexibility index (Phi) is 5.71. The fourth-order valence-electron chi connectivity index (χ4n) is 1.76. The SMILES string of the molecule is CNC(=O)C(CC(C)C)NCc1ccnc(C)n1. The molecule has 0 bridgehead atoms. The molecule has 5 heteroatoms. The van der Waals surface area contributed by atoms with Gasteiger partial charge in [-0.3, -0.25) is 4.79 Å². The lowest BCUT2D eigenvalue weighted by Gasteiger charge is -2.18. The Bertz CT molecular complexity index is 392. The van der Waals surface area contributed by atoms with Crippen molar-refractivity contribution in [1.29, 1.82) is 0 Å². The van der Waals surface area contributed by atoms with Crippen molar-refractivity contribution in [1.82, 2.24) is 20.6 Å². The molecule has 100 valence electrons. The van der Waals surface area contributed by atoms with Gasteiger partial charge in [-0.15, -0.1) is 0 Å². The zero-order valence-electron chi connectivity index (χ0n) is 11.5. The summed E-state index contributed by atoms with van der Waals surface area (Å²) in [6.07, 6.45) is 2.54. The molecule has 0 aromatic carbocycles. The second-order valence-corrected chi connectivity index (χ2v) is 4.77. The van der Waals surface area contributed by atoms with Gasteiger partial charge in [0.2, 0.25) is 5.91 Å². The number of carbonyl (C=O) groups excluding carboxylic acids is 1. The number of carbonyl (C=O) groups is 1. The number of aromatic nitrogens is 2. The molecule has 0 aliphatic heterocycles. The summed E-state index contributed by atoms with van der Waals surface area (Å²) in [6, 6.07) is 1.68. The van der Waals surface area contributed by atoms with E-state index in [2.05, 4.69) is 34.4 Å². The van der Waals surface area contributed by atoms with Crippen molar-refractivity contribution in [3.63, 3.8) is 0 Å². The number of nitrogens with one attached hydrogen (secondary N) is 2. The van der Waals surface area contributed by atoms with Gasteiger partial charge in [0.15, 0.2) is 0 Å². The standard InChI is InChI=1S/C13H22N4O/c1-9(2)7-12(13(18)14-4)16-8-11-5-6-15-10(3)17-11/h5-6,9,12,16H,7-8H2,1-4H3,(H,14,18). The van der Waals surface area contributed by atoms with Gasteiger partial charge in [-0.1, -0.05) is 13.8 Å². The smallest absolute Gasteiger partial charge is 0.236 e. The van der Waals surface area contributed by atoms with Crippen molar-refractivity contribution < 1.29 is 4.79 Å². The van der Waals surface area contributed by atoms with E-state index >= 15 is 0 Å². The summed E-state index contributed by atoms with van der Waals surface area (Å²) in [5.74, 6) is 1.23. The Hall–Kier alpha value is -1.49. The van der Waals surface area contributed by atoms with E-state index in [0.29, 0.717) is 12.5 Å². The van der Waals surface area contributed by atoms with Gasteiger partial charge in [0, 0.05) is 19.8 Å². The number of aryl methyl sites for hydroxylation is 1. The van der Waals surface area contributed by atoms with E-state index in [0.717, 1.165) is 17.9 Å². The van der Waals surface area contributed by atoms with Crippen LogP contribution in [0.3, 0.4) is 0 Å². The van der Waals surface area contributed by atoms with Crippen molar-refractivity contribution in [3.05, 3.63) is 23.8 Å². The lowest BCUT2D eigenvalue weighted by molar-refractivity contribution is -0.123. The maximum Gasteiger partial charge on any atom is 0.236 e. The van der Waals surface area contributed by atoms with E-state index in [1.807, 2.05) is 13.0 Å². The molecule has 0 aliphatic rings. The van der Waals surface area contributed by atoms with E-state index < -0.39 is 0 Å². The number of nitrogens with zero attached hydrogens (tertiary/aromatic N) is 2. The zero-order chi connectivity index (χ0) is 13.5. The maximum atomic E-state index is 11.7. The molecule has 0 saturated heterocycles. The molecule has 1 aromatic rings. The Morgan fingerprint density at radius 1 is 1.44 bits per heavy atom. The molecule has 0 spiro atoms. The highest BCUT2D eigenvalue weighted by Crippen LogP contribution is 2.06. The largest absolute Gasteiger partial charge is 0.358 e. The molecular weight excluding hydrogens is 228 g/mol. The third-order valence-corrected chi connectivity index (χ3v) is 2.63. The molecule has 5 nitrogen and oxygen atoms in total. The number of amides is 1. The molecule has 1 amide bonds. The van der Waals surface area contributed by atoms with E-state index in [1.54, 1.807) is 13.2 Å². The lowest BCUT2D eigenvalue weighted by atomic mass is 10.0. The molecule has 1 unspecified atom stereocenters. The molecule has 18 heavy (non-hydrogen) atoms. The van der Waals surface area contributed by atoms with Gasteiger partial charge in [0.05, 0.1) is 11.7 Å². The van der Waals surface area contributed by atoms with E-state index in [1.165, 1.54) is 0 Å². The summed E-state index contributed by atoms with van der Waals surface area (Å²) in [5.41, 5.74) is 0.903. The van der Waals surface area contributed by atoms with Crippen LogP contribution in [-0.2, 0) is 11.3 Å². The van der Waals surface area contributed by atoms with Crippen LogP contribution in [0.1, 0.15) is 31.8 Å². The average Bonchev–Trinajstić information content (AvgIpc) is 2.33. The molecule has 0 saturated carbocycles. The van der Waals surface area contributed by atoms with Crippen molar-refractivity contribution >= 4 is 5.91 Å². The van der Waals surface area contributed by atoms with Crippen LogP contribution < -0.4 is 10.6 Å². The molecular formula is C13H22N4O. The van der Waals surface area contributed by atoms with Crippen LogP contribution in [0.25, 0.3) is 0 Å². The maximum absolute atomic E-state index is 11.7. The van der Waals surface area contributed by atoms with Crippen LogP contribution in [-0.4, -0.2) is 29.0 Å². The van der Waals surface area contributed by atoms with Gasteiger partial charge in [-0.2, -0.15) is 0 Å².